The van der Waals surface area contributed by atoms with Gasteiger partial charge in [-0.25, -0.2) is 4.98 Å². The molecule has 1 N–H and O–H groups in total. The Bertz CT molecular complexity index is 612. The molecule has 1 aliphatic rings. The quantitative estimate of drug-likeness (QED) is 0.923. The summed E-state index contributed by atoms with van der Waals surface area (Å²) in [5, 5.41) is 9.92. The van der Waals surface area contributed by atoms with Crippen molar-refractivity contribution in [2.45, 2.75) is 0 Å². The van der Waals surface area contributed by atoms with Crippen LogP contribution in [0.5, 0.6) is 11.6 Å². The van der Waals surface area contributed by atoms with E-state index in [1.54, 1.807) is 25.4 Å². The van der Waals surface area contributed by atoms with Gasteiger partial charge < -0.3 is 19.6 Å². The number of nitrogens with zero attached hydrogens (tertiary/aromatic N) is 4. The number of hydrogen-bond acceptors (Lipinski definition) is 6. The van der Waals surface area contributed by atoms with Gasteiger partial charge in [0.2, 0.25) is 11.8 Å². The fraction of sp³-hybridized carbons (Fsp3) is 0.333. The lowest BCUT2D eigenvalue weighted by molar-refractivity contribution is 0.396. The minimum atomic E-state index is 0.323. The number of anilines is 2. The van der Waals surface area contributed by atoms with Crippen molar-refractivity contribution in [3.05, 3.63) is 36.5 Å². The molecule has 0 unspecified atom stereocenters. The van der Waals surface area contributed by atoms with Crippen molar-refractivity contribution in [3.8, 4) is 11.6 Å². The zero-order valence-corrected chi connectivity index (χ0v) is 11.9. The smallest absolute Gasteiger partial charge is 0.228 e. The number of aromatic nitrogens is 2. The van der Waals surface area contributed by atoms with Crippen molar-refractivity contribution in [2.75, 3.05) is 43.1 Å². The molecule has 0 bridgehead atoms. The highest BCUT2D eigenvalue weighted by Gasteiger charge is 2.20. The van der Waals surface area contributed by atoms with Crippen LogP contribution in [0.25, 0.3) is 0 Å². The Morgan fingerprint density at radius 3 is 2.48 bits per heavy atom. The molecule has 2 aromatic rings. The van der Waals surface area contributed by atoms with E-state index in [4.69, 9.17) is 4.74 Å². The van der Waals surface area contributed by atoms with Gasteiger partial charge in [0.1, 0.15) is 5.75 Å². The summed E-state index contributed by atoms with van der Waals surface area (Å²) in [5.41, 5.74) is 0.878. The van der Waals surface area contributed by atoms with E-state index in [1.165, 1.54) is 0 Å². The number of ether oxygens (including phenoxy) is 1. The lowest BCUT2D eigenvalue weighted by Crippen LogP contribution is -2.47. The van der Waals surface area contributed by atoms with Crippen molar-refractivity contribution >= 4 is 11.6 Å². The van der Waals surface area contributed by atoms with Crippen LogP contribution in [0.3, 0.4) is 0 Å². The van der Waals surface area contributed by atoms with Crippen molar-refractivity contribution in [3.63, 3.8) is 0 Å². The molecule has 0 amide bonds. The minimum Gasteiger partial charge on any atom is -0.506 e. The summed E-state index contributed by atoms with van der Waals surface area (Å²) in [6.45, 7) is 3.25. The molecule has 110 valence electrons. The molecule has 0 radical (unpaired) electrons. The highest BCUT2D eigenvalue weighted by atomic mass is 16.5. The van der Waals surface area contributed by atoms with Crippen LogP contribution in [0.1, 0.15) is 0 Å². The molecule has 21 heavy (non-hydrogen) atoms. The van der Waals surface area contributed by atoms with Crippen LogP contribution in [-0.4, -0.2) is 48.4 Å². The van der Waals surface area contributed by atoms with Crippen LogP contribution in [0, 0.1) is 0 Å². The average molecular weight is 286 g/mol. The molecule has 1 aromatic carbocycles. The Morgan fingerprint density at radius 1 is 1.05 bits per heavy atom. The molecule has 0 atom stereocenters. The molecular weight excluding hydrogens is 268 g/mol. The Morgan fingerprint density at radius 2 is 1.76 bits per heavy atom. The first-order valence-corrected chi connectivity index (χ1v) is 6.93. The van der Waals surface area contributed by atoms with E-state index in [1.807, 2.05) is 18.2 Å². The molecule has 1 saturated heterocycles. The maximum absolute atomic E-state index is 9.92. The predicted octanol–water partition coefficient (Wildman–Crippen LogP) is 1.52. The number of para-hydroxylation sites is 2. The monoisotopic (exact) mass is 286 g/mol. The van der Waals surface area contributed by atoms with E-state index in [2.05, 4.69) is 19.8 Å². The van der Waals surface area contributed by atoms with Gasteiger partial charge in [-0.1, -0.05) is 12.1 Å². The largest absolute Gasteiger partial charge is 0.506 e. The zero-order chi connectivity index (χ0) is 14.7. The van der Waals surface area contributed by atoms with Gasteiger partial charge in [0.15, 0.2) is 0 Å². The molecule has 6 nitrogen and oxygen atoms in total. The Kier molecular flexibility index (Phi) is 3.77. The van der Waals surface area contributed by atoms with Gasteiger partial charge in [-0.15, -0.1) is 0 Å². The first-order chi connectivity index (χ1) is 10.3. The van der Waals surface area contributed by atoms with Crippen molar-refractivity contribution in [1.29, 1.82) is 0 Å². The summed E-state index contributed by atoms with van der Waals surface area (Å²) in [7, 11) is 1.60. The molecule has 1 fully saturated rings. The number of benzene rings is 1. The van der Waals surface area contributed by atoms with E-state index in [9.17, 15) is 5.11 Å². The van der Waals surface area contributed by atoms with Gasteiger partial charge in [0, 0.05) is 38.4 Å². The zero-order valence-electron chi connectivity index (χ0n) is 11.9. The predicted molar refractivity (Wildman–Crippen MR) is 81.1 cm³/mol. The molecule has 2 heterocycles. The van der Waals surface area contributed by atoms with Gasteiger partial charge in [0.25, 0.3) is 0 Å². The van der Waals surface area contributed by atoms with Gasteiger partial charge >= 0.3 is 0 Å². The van der Waals surface area contributed by atoms with E-state index in [0.29, 0.717) is 17.6 Å². The van der Waals surface area contributed by atoms with E-state index < -0.39 is 0 Å². The van der Waals surface area contributed by atoms with Crippen LogP contribution in [0.15, 0.2) is 36.5 Å². The highest BCUT2D eigenvalue weighted by Crippen LogP contribution is 2.27. The van der Waals surface area contributed by atoms with Gasteiger partial charge in [-0.3, -0.25) is 0 Å². The maximum atomic E-state index is 9.92. The maximum Gasteiger partial charge on any atom is 0.228 e. The lowest BCUT2D eigenvalue weighted by atomic mass is 10.2. The SMILES string of the molecule is COc1ccnc(N2CCN(c3ccccc3O)CC2)n1. The number of phenolic OH excluding ortho intramolecular Hbond substituents is 1. The third-order valence-electron chi connectivity index (χ3n) is 3.61. The number of aromatic hydroxyl groups is 1. The summed E-state index contributed by atoms with van der Waals surface area (Å²) < 4.78 is 5.13. The van der Waals surface area contributed by atoms with Crippen LogP contribution in [0.4, 0.5) is 11.6 Å². The second kappa shape index (κ2) is 5.87. The second-order valence-electron chi connectivity index (χ2n) is 4.86. The fourth-order valence-corrected chi connectivity index (χ4v) is 2.48. The molecule has 1 aliphatic heterocycles. The van der Waals surface area contributed by atoms with E-state index in [-0.39, 0.29) is 0 Å². The van der Waals surface area contributed by atoms with Crippen molar-refractivity contribution in [1.82, 2.24) is 9.97 Å². The lowest BCUT2D eigenvalue weighted by Gasteiger charge is -2.36. The summed E-state index contributed by atoms with van der Waals surface area (Å²) >= 11 is 0. The normalized spacial score (nSPS) is 15.1. The minimum absolute atomic E-state index is 0.323. The summed E-state index contributed by atoms with van der Waals surface area (Å²) in [5.74, 6) is 1.58. The molecule has 0 saturated carbocycles. The summed E-state index contributed by atoms with van der Waals surface area (Å²) in [6.07, 6.45) is 1.70. The number of methoxy groups -OCH3 is 1. The number of piperazine rings is 1. The topological polar surface area (TPSA) is 61.7 Å². The third kappa shape index (κ3) is 2.84. The van der Waals surface area contributed by atoms with Crippen LogP contribution < -0.4 is 14.5 Å². The summed E-state index contributed by atoms with van der Waals surface area (Å²) in [4.78, 5) is 12.9. The molecular formula is C15H18N4O2. The third-order valence-corrected chi connectivity index (χ3v) is 3.61. The van der Waals surface area contributed by atoms with Crippen LogP contribution in [-0.2, 0) is 0 Å². The van der Waals surface area contributed by atoms with Gasteiger partial charge in [-0.05, 0) is 12.1 Å². The number of phenols is 1. The second-order valence-corrected chi connectivity index (χ2v) is 4.86. The first-order valence-electron chi connectivity index (χ1n) is 6.93. The highest BCUT2D eigenvalue weighted by molar-refractivity contribution is 5.58. The van der Waals surface area contributed by atoms with Crippen LogP contribution in [0.2, 0.25) is 0 Å². The van der Waals surface area contributed by atoms with E-state index in [0.717, 1.165) is 31.9 Å². The molecule has 6 heteroatoms. The van der Waals surface area contributed by atoms with Gasteiger partial charge in [-0.2, -0.15) is 4.98 Å². The van der Waals surface area contributed by atoms with Gasteiger partial charge in [0.05, 0.1) is 12.8 Å². The fourth-order valence-electron chi connectivity index (χ4n) is 2.48. The molecule has 0 spiro atoms. The number of hydrogen-bond donors (Lipinski definition) is 1. The molecule has 3 rings (SSSR count). The average Bonchev–Trinajstić information content (AvgIpc) is 2.56. The standard InChI is InChI=1S/C15H18N4O2/c1-21-14-6-7-16-15(17-14)19-10-8-18(9-11-19)12-4-2-3-5-13(12)20/h2-7,20H,8-11H2,1H3. The molecule has 1 aromatic heterocycles. The number of rotatable bonds is 3. The first kappa shape index (κ1) is 13.5. The van der Waals surface area contributed by atoms with Crippen molar-refractivity contribution in [2.24, 2.45) is 0 Å². The molecule has 0 aliphatic carbocycles. The Balaban J connectivity index is 1.69. The van der Waals surface area contributed by atoms with Crippen LogP contribution >= 0.6 is 0 Å². The summed E-state index contributed by atoms with van der Waals surface area (Å²) in [6, 6.07) is 9.16. The van der Waals surface area contributed by atoms with Crippen molar-refractivity contribution < 1.29 is 9.84 Å². The Hall–Kier alpha value is -2.50. The Labute approximate surface area is 123 Å². The van der Waals surface area contributed by atoms with E-state index >= 15 is 0 Å².